The molecule has 136 valence electrons. The molecule has 1 fully saturated rings. The molecule has 1 aliphatic rings. The van der Waals surface area contributed by atoms with Gasteiger partial charge in [-0.2, -0.15) is 0 Å². The molecule has 0 unspecified atom stereocenters. The number of fused-ring (bicyclic) bond motifs is 1. The summed E-state index contributed by atoms with van der Waals surface area (Å²) in [7, 11) is 3.55. The van der Waals surface area contributed by atoms with E-state index in [1.165, 1.54) is 0 Å². The van der Waals surface area contributed by atoms with E-state index in [1.807, 2.05) is 37.4 Å². The van der Waals surface area contributed by atoms with Gasteiger partial charge in [-0.05, 0) is 25.2 Å². The van der Waals surface area contributed by atoms with Crippen LogP contribution in [0, 0.1) is 0 Å². The van der Waals surface area contributed by atoms with Crippen molar-refractivity contribution < 1.29 is 4.79 Å². The van der Waals surface area contributed by atoms with Crippen LogP contribution in [0.3, 0.4) is 0 Å². The molecule has 0 radical (unpaired) electrons. The lowest BCUT2D eigenvalue weighted by Gasteiger charge is -2.40. The number of likely N-dealkylation sites (N-methyl/N-ethyl adjacent to an activating group) is 1. The monoisotopic (exact) mass is 372 g/mol. The number of nitrogens with one attached hydrogen (secondary N) is 3. The van der Waals surface area contributed by atoms with Gasteiger partial charge in [0.25, 0.3) is 0 Å². The molecule has 7 nitrogen and oxygen atoms in total. The smallest absolute Gasteiger partial charge is 0.206 e. The Labute approximate surface area is 156 Å². The molecule has 1 aliphatic heterocycles. The van der Waals surface area contributed by atoms with E-state index < -0.39 is 0 Å². The van der Waals surface area contributed by atoms with Crippen molar-refractivity contribution in [3.8, 4) is 11.4 Å². The SMILES string of the molecule is CNC1CN(c2cc(-c3nc4ccccc4[nH]3)c(Cl)cn2)C1.CNC=O. The van der Waals surface area contributed by atoms with E-state index in [4.69, 9.17) is 16.4 Å². The number of hydrogen-bond donors (Lipinski definition) is 3. The summed E-state index contributed by atoms with van der Waals surface area (Å²) in [4.78, 5) is 23.7. The fourth-order valence-corrected chi connectivity index (χ4v) is 2.90. The Hall–Kier alpha value is -2.64. The fourth-order valence-electron chi connectivity index (χ4n) is 2.71. The number of nitrogens with zero attached hydrogens (tertiary/aromatic N) is 3. The third-order valence-electron chi connectivity index (χ3n) is 4.22. The molecule has 1 amide bonds. The van der Waals surface area contributed by atoms with Crippen molar-refractivity contribution in [3.63, 3.8) is 0 Å². The third-order valence-corrected chi connectivity index (χ3v) is 4.52. The average molecular weight is 373 g/mol. The number of halogens is 1. The first-order valence-electron chi connectivity index (χ1n) is 8.30. The van der Waals surface area contributed by atoms with Crippen molar-refractivity contribution in [2.45, 2.75) is 6.04 Å². The molecule has 2 aromatic heterocycles. The predicted molar refractivity (Wildman–Crippen MR) is 105 cm³/mol. The van der Waals surface area contributed by atoms with Gasteiger partial charge >= 0.3 is 0 Å². The Bertz CT molecular complexity index is 857. The molecule has 4 rings (SSSR count). The van der Waals surface area contributed by atoms with Crippen LogP contribution in [-0.2, 0) is 4.79 Å². The summed E-state index contributed by atoms with van der Waals surface area (Å²) in [6, 6.07) is 10.5. The van der Waals surface area contributed by atoms with Crippen molar-refractivity contribution in [2.75, 3.05) is 32.1 Å². The Morgan fingerprint density at radius 1 is 1.31 bits per heavy atom. The van der Waals surface area contributed by atoms with Gasteiger partial charge in [-0.25, -0.2) is 9.97 Å². The molecule has 1 aromatic carbocycles. The molecule has 0 atom stereocenters. The number of H-pyrrole nitrogens is 1. The number of imidazole rings is 1. The Morgan fingerprint density at radius 2 is 2.04 bits per heavy atom. The third kappa shape index (κ3) is 3.79. The quantitative estimate of drug-likeness (QED) is 0.610. The number of carbonyl (C=O) groups is 1. The minimum atomic E-state index is 0.534. The van der Waals surface area contributed by atoms with Crippen LogP contribution < -0.4 is 15.5 Å². The summed E-state index contributed by atoms with van der Waals surface area (Å²) in [5.74, 6) is 1.71. The van der Waals surface area contributed by atoms with Gasteiger partial charge in [0.1, 0.15) is 11.6 Å². The maximum Gasteiger partial charge on any atom is 0.206 e. The summed E-state index contributed by atoms with van der Waals surface area (Å²) in [6.45, 7) is 1.93. The lowest BCUT2D eigenvalue weighted by atomic mass is 10.1. The number of benzene rings is 1. The van der Waals surface area contributed by atoms with Crippen LogP contribution in [-0.4, -0.2) is 54.6 Å². The predicted octanol–water partition coefficient (Wildman–Crippen LogP) is 2.05. The van der Waals surface area contributed by atoms with E-state index in [0.717, 1.165) is 41.3 Å². The molecule has 8 heteroatoms. The highest BCUT2D eigenvalue weighted by atomic mass is 35.5. The molecule has 3 aromatic rings. The van der Waals surface area contributed by atoms with Gasteiger partial charge < -0.3 is 20.5 Å². The molecule has 0 aliphatic carbocycles. The highest BCUT2D eigenvalue weighted by Crippen LogP contribution is 2.31. The van der Waals surface area contributed by atoms with Crippen molar-refractivity contribution in [1.82, 2.24) is 25.6 Å². The number of amides is 1. The zero-order valence-electron chi connectivity index (χ0n) is 14.7. The topological polar surface area (TPSA) is 85.9 Å². The van der Waals surface area contributed by atoms with Gasteiger partial charge in [-0.3, -0.25) is 4.79 Å². The first kappa shape index (κ1) is 18.2. The summed E-state index contributed by atoms with van der Waals surface area (Å²) in [5.41, 5.74) is 2.83. The second kappa shape index (κ2) is 8.16. The summed E-state index contributed by atoms with van der Waals surface area (Å²) in [6.07, 6.45) is 2.33. The molecule has 26 heavy (non-hydrogen) atoms. The Kier molecular flexibility index (Phi) is 5.70. The first-order valence-corrected chi connectivity index (χ1v) is 8.67. The van der Waals surface area contributed by atoms with E-state index in [0.29, 0.717) is 17.5 Å². The Balaban J connectivity index is 0.000000447. The van der Waals surface area contributed by atoms with Crippen LogP contribution in [0.5, 0.6) is 0 Å². The van der Waals surface area contributed by atoms with E-state index >= 15 is 0 Å². The minimum absolute atomic E-state index is 0.534. The van der Waals surface area contributed by atoms with Gasteiger partial charge in [-0.15, -0.1) is 0 Å². The fraction of sp³-hybridized carbons (Fsp3) is 0.278. The van der Waals surface area contributed by atoms with Crippen molar-refractivity contribution in [1.29, 1.82) is 0 Å². The molecule has 3 heterocycles. The number of para-hydroxylation sites is 2. The number of aromatic nitrogens is 3. The van der Waals surface area contributed by atoms with Crippen LogP contribution >= 0.6 is 11.6 Å². The van der Waals surface area contributed by atoms with Crippen molar-refractivity contribution in [3.05, 3.63) is 41.6 Å². The van der Waals surface area contributed by atoms with Gasteiger partial charge in [-0.1, -0.05) is 23.7 Å². The zero-order chi connectivity index (χ0) is 18.5. The number of carbonyl (C=O) groups excluding carboxylic acids is 1. The van der Waals surface area contributed by atoms with E-state index in [2.05, 4.69) is 30.5 Å². The van der Waals surface area contributed by atoms with Gasteiger partial charge in [0.05, 0.1) is 16.1 Å². The van der Waals surface area contributed by atoms with Crippen molar-refractivity contribution >= 4 is 34.9 Å². The van der Waals surface area contributed by atoms with Crippen LogP contribution in [0.4, 0.5) is 5.82 Å². The van der Waals surface area contributed by atoms with E-state index in [-0.39, 0.29) is 0 Å². The summed E-state index contributed by atoms with van der Waals surface area (Å²) in [5, 5.41) is 6.12. The molecule has 0 spiro atoms. The second-order valence-electron chi connectivity index (χ2n) is 5.92. The average Bonchev–Trinajstić information content (AvgIpc) is 3.06. The molecular formula is C18H21ClN6O. The minimum Gasteiger partial charge on any atom is -0.362 e. The van der Waals surface area contributed by atoms with E-state index in [9.17, 15) is 0 Å². The van der Waals surface area contributed by atoms with Crippen LogP contribution in [0.1, 0.15) is 0 Å². The molecule has 0 saturated carbocycles. The van der Waals surface area contributed by atoms with Gasteiger partial charge in [0.15, 0.2) is 0 Å². The standard InChI is InChI=1S/C16H16ClN5.C2H5NO/c1-18-10-8-22(9-10)15-6-11(12(17)7-19-15)16-20-13-4-2-3-5-14(13)21-16;1-3-2-4/h2-7,10,18H,8-9H2,1H3,(H,20,21);2H,1H3,(H,3,4). The second-order valence-corrected chi connectivity index (χ2v) is 6.33. The highest BCUT2D eigenvalue weighted by Gasteiger charge is 2.26. The number of hydrogen-bond acceptors (Lipinski definition) is 5. The van der Waals surface area contributed by atoms with Crippen LogP contribution in [0.25, 0.3) is 22.4 Å². The largest absolute Gasteiger partial charge is 0.362 e. The lowest BCUT2D eigenvalue weighted by Crippen LogP contribution is -2.57. The normalized spacial score (nSPS) is 13.7. The molecule has 3 N–H and O–H groups in total. The maximum atomic E-state index is 9.06. The molecular weight excluding hydrogens is 352 g/mol. The number of pyridine rings is 1. The number of rotatable bonds is 4. The summed E-state index contributed by atoms with van der Waals surface area (Å²) < 4.78 is 0. The number of anilines is 1. The highest BCUT2D eigenvalue weighted by molar-refractivity contribution is 6.33. The Morgan fingerprint density at radius 3 is 2.69 bits per heavy atom. The van der Waals surface area contributed by atoms with Crippen LogP contribution in [0.2, 0.25) is 5.02 Å². The zero-order valence-corrected chi connectivity index (χ0v) is 15.4. The van der Waals surface area contributed by atoms with Gasteiger partial charge in [0, 0.05) is 37.9 Å². The van der Waals surface area contributed by atoms with E-state index in [1.54, 1.807) is 13.2 Å². The van der Waals surface area contributed by atoms with Gasteiger partial charge in [0.2, 0.25) is 6.41 Å². The summed E-state index contributed by atoms with van der Waals surface area (Å²) >= 11 is 6.33. The first-order chi connectivity index (χ1) is 12.7. The molecule has 1 saturated heterocycles. The number of aromatic amines is 1. The lowest BCUT2D eigenvalue weighted by molar-refractivity contribution is -0.109. The van der Waals surface area contributed by atoms with Crippen LogP contribution in [0.15, 0.2) is 36.5 Å². The maximum absolute atomic E-state index is 9.06. The molecule has 0 bridgehead atoms. The van der Waals surface area contributed by atoms with Crippen molar-refractivity contribution in [2.24, 2.45) is 0 Å².